The van der Waals surface area contributed by atoms with Crippen LogP contribution in [0.15, 0.2) is 40.3 Å². The maximum atomic E-state index is 11.5. The van der Waals surface area contributed by atoms with E-state index in [0.29, 0.717) is 19.4 Å². The Kier molecular flexibility index (Phi) is 3.77. The fourth-order valence-corrected chi connectivity index (χ4v) is 2.02. The van der Waals surface area contributed by atoms with E-state index in [-0.39, 0.29) is 5.91 Å². The van der Waals surface area contributed by atoms with Crippen molar-refractivity contribution in [3.63, 3.8) is 0 Å². The number of carbonyl (C=O) groups excluding carboxylic acids is 1. The van der Waals surface area contributed by atoms with Crippen molar-refractivity contribution >= 4 is 17.2 Å². The molecule has 2 rings (SSSR count). The molecule has 0 atom stereocenters. The Bertz CT molecular complexity index is 380. The molecule has 2 aromatic rings. The summed E-state index contributed by atoms with van der Waals surface area (Å²) in [6.45, 7) is 0.620. The summed E-state index contributed by atoms with van der Waals surface area (Å²) >= 11 is 1.65. The van der Waals surface area contributed by atoms with Crippen molar-refractivity contribution in [2.24, 2.45) is 0 Å². The van der Waals surface area contributed by atoms with Gasteiger partial charge in [-0.05, 0) is 23.6 Å². The Labute approximate surface area is 98.1 Å². The predicted molar refractivity (Wildman–Crippen MR) is 63.2 cm³/mol. The van der Waals surface area contributed by atoms with Gasteiger partial charge in [0.05, 0.1) is 12.8 Å². The molecular weight excluding hydrogens is 222 g/mol. The highest BCUT2D eigenvalue weighted by atomic mass is 32.1. The Morgan fingerprint density at radius 2 is 2.31 bits per heavy atom. The van der Waals surface area contributed by atoms with Crippen molar-refractivity contribution in [2.75, 3.05) is 0 Å². The SMILES string of the molecule is O=C(CCc1ccco1)NCc1cccs1. The smallest absolute Gasteiger partial charge is 0.220 e. The maximum Gasteiger partial charge on any atom is 0.220 e. The summed E-state index contributed by atoms with van der Waals surface area (Å²) in [6, 6.07) is 7.71. The molecule has 16 heavy (non-hydrogen) atoms. The van der Waals surface area contributed by atoms with Gasteiger partial charge in [0.25, 0.3) is 0 Å². The lowest BCUT2D eigenvalue weighted by Crippen LogP contribution is -2.22. The Morgan fingerprint density at radius 1 is 1.38 bits per heavy atom. The van der Waals surface area contributed by atoms with E-state index in [9.17, 15) is 4.79 Å². The quantitative estimate of drug-likeness (QED) is 0.865. The maximum absolute atomic E-state index is 11.5. The number of carbonyl (C=O) groups is 1. The van der Waals surface area contributed by atoms with Crippen molar-refractivity contribution in [3.8, 4) is 0 Å². The zero-order valence-electron chi connectivity index (χ0n) is 8.81. The molecule has 0 radical (unpaired) electrons. The zero-order valence-corrected chi connectivity index (χ0v) is 9.63. The fraction of sp³-hybridized carbons (Fsp3) is 0.250. The zero-order chi connectivity index (χ0) is 11.2. The van der Waals surface area contributed by atoms with E-state index < -0.39 is 0 Å². The summed E-state index contributed by atoms with van der Waals surface area (Å²) in [4.78, 5) is 12.7. The molecule has 4 heteroatoms. The molecule has 0 unspecified atom stereocenters. The molecule has 0 bridgehead atoms. The molecule has 84 valence electrons. The number of amides is 1. The monoisotopic (exact) mass is 235 g/mol. The molecule has 1 amide bonds. The number of nitrogens with one attached hydrogen (secondary N) is 1. The number of hydrogen-bond donors (Lipinski definition) is 1. The van der Waals surface area contributed by atoms with Crippen molar-refractivity contribution in [3.05, 3.63) is 46.5 Å². The van der Waals surface area contributed by atoms with Crippen molar-refractivity contribution in [2.45, 2.75) is 19.4 Å². The molecule has 0 aliphatic rings. The number of furan rings is 1. The van der Waals surface area contributed by atoms with Gasteiger partial charge in [-0.25, -0.2) is 0 Å². The average Bonchev–Trinajstić information content (AvgIpc) is 2.96. The third-order valence-electron chi connectivity index (χ3n) is 2.22. The number of rotatable bonds is 5. The van der Waals surface area contributed by atoms with Crippen LogP contribution in [0.3, 0.4) is 0 Å². The molecule has 0 saturated carbocycles. The first-order valence-electron chi connectivity index (χ1n) is 5.16. The third kappa shape index (κ3) is 3.24. The molecule has 0 aromatic carbocycles. The Morgan fingerprint density at radius 3 is 3.00 bits per heavy atom. The average molecular weight is 235 g/mol. The van der Waals surface area contributed by atoms with Gasteiger partial charge >= 0.3 is 0 Å². The van der Waals surface area contributed by atoms with Gasteiger partial charge in [0.2, 0.25) is 5.91 Å². The number of thiophene rings is 1. The highest BCUT2D eigenvalue weighted by Gasteiger charge is 2.03. The van der Waals surface area contributed by atoms with Gasteiger partial charge in [0.1, 0.15) is 5.76 Å². The summed E-state index contributed by atoms with van der Waals surface area (Å²) in [6.07, 6.45) is 2.75. The molecule has 0 spiro atoms. The minimum atomic E-state index is 0.0600. The Hall–Kier alpha value is -1.55. The van der Waals surface area contributed by atoms with Crippen LogP contribution < -0.4 is 5.32 Å². The predicted octanol–water partition coefficient (Wildman–Crippen LogP) is 2.59. The Balaban J connectivity index is 1.69. The van der Waals surface area contributed by atoms with Crippen LogP contribution >= 0.6 is 11.3 Å². The third-order valence-corrected chi connectivity index (χ3v) is 3.09. The minimum Gasteiger partial charge on any atom is -0.469 e. The molecule has 1 N–H and O–H groups in total. The van der Waals surface area contributed by atoms with Crippen LogP contribution in [0.1, 0.15) is 17.1 Å². The minimum absolute atomic E-state index is 0.0600. The highest BCUT2D eigenvalue weighted by molar-refractivity contribution is 7.09. The topological polar surface area (TPSA) is 42.2 Å². The van der Waals surface area contributed by atoms with E-state index in [2.05, 4.69) is 5.32 Å². The molecule has 0 aliphatic carbocycles. The second kappa shape index (κ2) is 5.51. The number of aryl methyl sites for hydroxylation is 1. The van der Waals surface area contributed by atoms with E-state index in [4.69, 9.17) is 4.42 Å². The molecule has 3 nitrogen and oxygen atoms in total. The number of hydrogen-bond acceptors (Lipinski definition) is 3. The van der Waals surface area contributed by atoms with E-state index in [1.54, 1.807) is 17.6 Å². The lowest BCUT2D eigenvalue weighted by molar-refractivity contribution is -0.121. The van der Waals surface area contributed by atoms with Gasteiger partial charge in [-0.1, -0.05) is 6.07 Å². The lowest BCUT2D eigenvalue weighted by atomic mass is 10.2. The molecular formula is C12H13NO2S. The second-order valence-electron chi connectivity index (χ2n) is 3.44. The molecule has 2 heterocycles. The van der Waals surface area contributed by atoms with Crippen LogP contribution in [-0.2, 0) is 17.8 Å². The van der Waals surface area contributed by atoms with Gasteiger partial charge in [0.15, 0.2) is 0 Å². The van der Waals surface area contributed by atoms with Crippen LogP contribution in [0.25, 0.3) is 0 Å². The summed E-state index contributed by atoms with van der Waals surface area (Å²) in [5, 5.41) is 4.88. The van der Waals surface area contributed by atoms with E-state index in [1.165, 1.54) is 4.88 Å². The molecule has 0 fully saturated rings. The first kappa shape index (κ1) is 11.0. The molecule has 2 aromatic heterocycles. The normalized spacial score (nSPS) is 10.2. The largest absolute Gasteiger partial charge is 0.469 e. The first-order valence-corrected chi connectivity index (χ1v) is 6.04. The van der Waals surface area contributed by atoms with Crippen LogP contribution in [0.4, 0.5) is 0 Å². The van der Waals surface area contributed by atoms with Gasteiger partial charge in [0, 0.05) is 17.7 Å². The van der Waals surface area contributed by atoms with Crippen LogP contribution in [0.5, 0.6) is 0 Å². The van der Waals surface area contributed by atoms with Gasteiger partial charge < -0.3 is 9.73 Å². The van der Waals surface area contributed by atoms with E-state index >= 15 is 0 Å². The standard InChI is InChI=1S/C12H13NO2S/c14-12(6-5-10-3-1-7-15-10)13-9-11-4-2-8-16-11/h1-4,7-8H,5-6,9H2,(H,13,14). The summed E-state index contributed by atoms with van der Waals surface area (Å²) < 4.78 is 5.16. The summed E-state index contributed by atoms with van der Waals surface area (Å²) in [7, 11) is 0. The van der Waals surface area contributed by atoms with E-state index in [0.717, 1.165) is 5.76 Å². The summed E-state index contributed by atoms with van der Waals surface area (Å²) in [5.74, 6) is 0.913. The summed E-state index contributed by atoms with van der Waals surface area (Å²) in [5.41, 5.74) is 0. The van der Waals surface area contributed by atoms with E-state index in [1.807, 2.05) is 29.6 Å². The van der Waals surface area contributed by atoms with Crippen molar-refractivity contribution in [1.29, 1.82) is 0 Å². The lowest BCUT2D eigenvalue weighted by Gasteiger charge is -2.02. The molecule has 0 aliphatic heterocycles. The first-order chi connectivity index (χ1) is 7.84. The fourth-order valence-electron chi connectivity index (χ4n) is 1.38. The van der Waals surface area contributed by atoms with Crippen molar-refractivity contribution < 1.29 is 9.21 Å². The van der Waals surface area contributed by atoms with Gasteiger partial charge in [-0.3, -0.25) is 4.79 Å². The van der Waals surface area contributed by atoms with Gasteiger partial charge in [-0.15, -0.1) is 11.3 Å². The van der Waals surface area contributed by atoms with Crippen LogP contribution in [0, 0.1) is 0 Å². The molecule has 0 saturated heterocycles. The van der Waals surface area contributed by atoms with Crippen molar-refractivity contribution in [1.82, 2.24) is 5.32 Å². The second-order valence-corrected chi connectivity index (χ2v) is 4.47. The van der Waals surface area contributed by atoms with Crippen LogP contribution in [-0.4, -0.2) is 5.91 Å². The van der Waals surface area contributed by atoms with Crippen LogP contribution in [0.2, 0.25) is 0 Å². The van der Waals surface area contributed by atoms with Gasteiger partial charge in [-0.2, -0.15) is 0 Å². The highest BCUT2D eigenvalue weighted by Crippen LogP contribution is 2.08.